The van der Waals surface area contributed by atoms with Crippen molar-refractivity contribution in [2.75, 3.05) is 13.1 Å². The molecule has 0 radical (unpaired) electrons. The first-order valence-corrected chi connectivity index (χ1v) is 12.5. The molecule has 0 saturated carbocycles. The smallest absolute Gasteiger partial charge is 0.243 e. The number of carbonyl (C=O) groups is 1. The second kappa shape index (κ2) is 10.1. The molecule has 0 atom stereocenters. The molecule has 3 aromatic carbocycles. The van der Waals surface area contributed by atoms with E-state index in [0.717, 1.165) is 36.0 Å². The van der Waals surface area contributed by atoms with E-state index >= 15 is 0 Å². The van der Waals surface area contributed by atoms with E-state index in [0.29, 0.717) is 13.1 Å². The van der Waals surface area contributed by atoms with Crippen molar-refractivity contribution < 1.29 is 13.2 Å². The Morgan fingerprint density at radius 2 is 1.41 bits per heavy atom. The summed E-state index contributed by atoms with van der Waals surface area (Å²) in [6.07, 6.45) is 2.87. The van der Waals surface area contributed by atoms with Crippen LogP contribution in [0, 0.1) is 0 Å². The number of rotatable bonds is 7. The lowest BCUT2D eigenvalue weighted by Gasteiger charge is -2.26. The van der Waals surface area contributed by atoms with Gasteiger partial charge < -0.3 is 5.32 Å². The van der Waals surface area contributed by atoms with Gasteiger partial charge in [-0.15, -0.1) is 0 Å². The molecule has 1 amide bonds. The Kier molecular flexibility index (Phi) is 7.02. The van der Waals surface area contributed by atoms with Crippen molar-refractivity contribution in [2.24, 2.45) is 0 Å². The lowest BCUT2D eigenvalue weighted by atomic mass is 9.90. The van der Waals surface area contributed by atoms with E-state index in [1.54, 1.807) is 22.5 Å². The minimum atomic E-state index is -3.50. The highest BCUT2D eigenvalue weighted by Crippen LogP contribution is 2.25. The summed E-state index contributed by atoms with van der Waals surface area (Å²) in [5.74, 6) is -0.552. The van der Waals surface area contributed by atoms with Crippen molar-refractivity contribution in [2.45, 2.75) is 36.6 Å². The molecule has 1 saturated heterocycles. The lowest BCUT2D eigenvalue weighted by molar-refractivity contribution is -0.121. The van der Waals surface area contributed by atoms with Crippen LogP contribution < -0.4 is 5.32 Å². The van der Waals surface area contributed by atoms with Crippen molar-refractivity contribution >= 4 is 15.9 Å². The van der Waals surface area contributed by atoms with Crippen LogP contribution in [0.4, 0.5) is 0 Å². The Bertz CT molecular complexity index is 1100. The Morgan fingerprint density at radius 1 is 0.812 bits per heavy atom. The minimum Gasteiger partial charge on any atom is -0.351 e. The van der Waals surface area contributed by atoms with Crippen LogP contribution in [-0.2, 0) is 21.4 Å². The van der Waals surface area contributed by atoms with E-state index < -0.39 is 15.9 Å². The summed E-state index contributed by atoms with van der Waals surface area (Å²) in [6, 6.07) is 26.2. The van der Waals surface area contributed by atoms with E-state index in [9.17, 15) is 13.2 Å². The zero-order valence-corrected chi connectivity index (χ0v) is 18.8. The average Bonchev–Trinajstić information content (AvgIpc) is 2.85. The first kappa shape index (κ1) is 22.2. The molecule has 1 fully saturated rings. The van der Waals surface area contributed by atoms with E-state index in [-0.39, 0.29) is 17.3 Å². The molecule has 4 rings (SSSR count). The van der Waals surface area contributed by atoms with Gasteiger partial charge in [-0.3, -0.25) is 4.79 Å². The Labute approximate surface area is 190 Å². The molecule has 1 heterocycles. The maximum atomic E-state index is 13.2. The monoisotopic (exact) mass is 448 g/mol. The highest BCUT2D eigenvalue weighted by molar-refractivity contribution is 7.89. The van der Waals surface area contributed by atoms with Gasteiger partial charge in [0.15, 0.2) is 0 Å². The van der Waals surface area contributed by atoms with E-state index in [4.69, 9.17) is 0 Å². The highest BCUT2D eigenvalue weighted by Gasteiger charge is 2.26. The van der Waals surface area contributed by atoms with Crippen LogP contribution in [0.2, 0.25) is 0 Å². The lowest BCUT2D eigenvalue weighted by Crippen LogP contribution is -2.35. The van der Waals surface area contributed by atoms with Gasteiger partial charge in [-0.1, -0.05) is 79.2 Å². The van der Waals surface area contributed by atoms with E-state index in [2.05, 4.69) is 5.32 Å². The number of nitrogens with zero attached hydrogens (tertiary/aromatic N) is 1. The predicted octanol–water partition coefficient (Wildman–Crippen LogP) is 4.31. The quantitative estimate of drug-likeness (QED) is 0.586. The highest BCUT2D eigenvalue weighted by atomic mass is 32.2. The van der Waals surface area contributed by atoms with Gasteiger partial charge in [-0.05, 0) is 41.7 Å². The summed E-state index contributed by atoms with van der Waals surface area (Å²) in [5, 5.41) is 3.01. The van der Waals surface area contributed by atoms with E-state index in [1.165, 1.54) is 0 Å². The molecule has 6 heteroatoms. The third kappa shape index (κ3) is 5.09. The molecule has 0 bridgehead atoms. The van der Waals surface area contributed by atoms with Crippen molar-refractivity contribution in [3.05, 3.63) is 102 Å². The summed E-state index contributed by atoms with van der Waals surface area (Å²) < 4.78 is 27.6. The van der Waals surface area contributed by atoms with Gasteiger partial charge in [-0.2, -0.15) is 4.31 Å². The number of carbonyl (C=O) groups excluding carboxylic acids is 1. The average molecular weight is 449 g/mol. The molecule has 32 heavy (non-hydrogen) atoms. The topological polar surface area (TPSA) is 66.5 Å². The third-order valence-electron chi connectivity index (χ3n) is 5.85. The molecule has 1 N–H and O–H groups in total. The molecular formula is C26H28N2O3S. The van der Waals surface area contributed by atoms with Gasteiger partial charge in [0.25, 0.3) is 0 Å². The second-order valence-corrected chi connectivity index (χ2v) is 10.0. The molecule has 1 aliphatic rings. The van der Waals surface area contributed by atoms with Gasteiger partial charge in [0.1, 0.15) is 0 Å². The summed E-state index contributed by atoms with van der Waals surface area (Å²) in [6.45, 7) is 1.40. The fraction of sp³-hybridized carbons (Fsp3) is 0.269. The summed E-state index contributed by atoms with van der Waals surface area (Å²) in [4.78, 5) is 13.5. The van der Waals surface area contributed by atoms with Crippen LogP contribution in [0.15, 0.2) is 89.8 Å². The molecule has 166 valence electrons. The molecule has 5 nitrogen and oxygen atoms in total. The fourth-order valence-electron chi connectivity index (χ4n) is 4.15. The minimum absolute atomic E-state index is 0.119. The normalized spacial score (nSPS) is 14.9. The van der Waals surface area contributed by atoms with Crippen LogP contribution in [0.5, 0.6) is 0 Å². The Morgan fingerprint density at radius 3 is 2.00 bits per heavy atom. The largest absolute Gasteiger partial charge is 0.351 e. The molecule has 0 aliphatic carbocycles. The molecular weight excluding hydrogens is 420 g/mol. The van der Waals surface area contributed by atoms with Gasteiger partial charge in [-0.25, -0.2) is 8.42 Å². The van der Waals surface area contributed by atoms with Crippen LogP contribution >= 0.6 is 0 Å². The predicted molar refractivity (Wildman–Crippen MR) is 126 cm³/mol. The molecule has 1 aliphatic heterocycles. The van der Waals surface area contributed by atoms with Crippen molar-refractivity contribution in [1.82, 2.24) is 9.62 Å². The number of benzene rings is 3. The maximum absolute atomic E-state index is 13.2. The van der Waals surface area contributed by atoms with Crippen molar-refractivity contribution in [1.29, 1.82) is 0 Å². The first-order valence-electron chi connectivity index (χ1n) is 11.0. The molecule has 0 unspecified atom stereocenters. The first-order chi connectivity index (χ1) is 15.6. The summed E-state index contributed by atoms with van der Waals surface area (Å²) in [5.41, 5.74) is 2.59. The number of piperidine rings is 1. The number of amides is 1. The van der Waals surface area contributed by atoms with Crippen molar-refractivity contribution in [3.8, 4) is 0 Å². The summed E-state index contributed by atoms with van der Waals surface area (Å²) in [7, 11) is -3.50. The zero-order chi connectivity index (χ0) is 22.4. The molecule has 0 spiro atoms. The standard InChI is InChI=1S/C26H28N2O3S/c29-26(25(22-12-4-1-5-13-22)23-14-6-2-7-15-23)27-20-21-11-10-16-24(19-21)32(30,31)28-17-8-3-9-18-28/h1-2,4-7,10-16,19,25H,3,8-9,17-18,20H2,(H,27,29). The number of hydrogen-bond donors (Lipinski definition) is 1. The Balaban J connectivity index is 1.51. The zero-order valence-electron chi connectivity index (χ0n) is 18.0. The fourth-order valence-corrected chi connectivity index (χ4v) is 5.74. The Hall–Kier alpha value is -2.96. The number of sulfonamides is 1. The maximum Gasteiger partial charge on any atom is 0.243 e. The van der Waals surface area contributed by atoms with Crippen molar-refractivity contribution in [3.63, 3.8) is 0 Å². The van der Waals surface area contributed by atoms with Gasteiger partial charge in [0, 0.05) is 19.6 Å². The molecule has 3 aromatic rings. The van der Waals surface area contributed by atoms with Crippen LogP contribution in [0.25, 0.3) is 0 Å². The van der Waals surface area contributed by atoms with E-state index in [1.807, 2.05) is 66.7 Å². The van der Waals surface area contributed by atoms with Crippen LogP contribution in [-0.4, -0.2) is 31.7 Å². The number of hydrogen-bond acceptors (Lipinski definition) is 3. The van der Waals surface area contributed by atoms with Crippen LogP contribution in [0.1, 0.15) is 41.9 Å². The number of nitrogens with one attached hydrogen (secondary N) is 1. The molecule has 0 aromatic heterocycles. The van der Waals surface area contributed by atoms with Gasteiger partial charge in [0.05, 0.1) is 10.8 Å². The van der Waals surface area contributed by atoms with Gasteiger partial charge in [0.2, 0.25) is 15.9 Å². The van der Waals surface area contributed by atoms with Gasteiger partial charge >= 0.3 is 0 Å². The summed E-state index contributed by atoms with van der Waals surface area (Å²) >= 11 is 0. The SMILES string of the molecule is O=C(NCc1cccc(S(=O)(=O)N2CCCCC2)c1)C(c1ccccc1)c1ccccc1. The second-order valence-electron chi connectivity index (χ2n) is 8.08. The van der Waals surface area contributed by atoms with Crippen LogP contribution in [0.3, 0.4) is 0 Å². The third-order valence-corrected chi connectivity index (χ3v) is 7.74.